The average molecular weight is 421 g/mol. The lowest BCUT2D eigenvalue weighted by Gasteiger charge is -2.22. The molecule has 7 nitrogen and oxygen atoms in total. The Morgan fingerprint density at radius 3 is 2.58 bits per heavy atom. The lowest BCUT2D eigenvalue weighted by atomic mass is 10.1. The maximum atomic E-state index is 13.1. The number of methoxy groups -OCH3 is 1. The Labute approximate surface area is 182 Å². The van der Waals surface area contributed by atoms with E-state index in [1.54, 1.807) is 7.11 Å². The van der Waals surface area contributed by atoms with E-state index in [9.17, 15) is 4.79 Å². The van der Waals surface area contributed by atoms with Crippen LogP contribution in [0.25, 0.3) is 11.4 Å². The quantitative estimate of drug-likeness (QED) is 0.481. The van der Waals surface area contributed by atoms with Gasteiger partial charge in [-0.1, -0.05) is 18.5 Å². The summed E-state index contributed by atoms with van der Waals surface area (Å²) >= 11 is 0. The fourth-order valence-electron chi connectivity index (χ4n) is 3.69. The summed E-state index contributed by atoms with van der Waals surface area (Å²) in [6.45, 7) is 3.48. The van der Waals surface area contributed by atoms with Gasteiger partial charge in [0.05, 0.1) is 13.7 Å². The SMILES string of the molecule is CCCCOc1ccc(C(=O)N2CCCC2c2nc(-c3ccc(OC)cc3)no2)cc1. The summed E-state index contributed by atoms with van der Waals surface area (Å²) in [7, 11) is 1.63. The summed E-state index contributed by atoms with van der Waals surface area (Å²) in [5.41, 5.74) is 1.47. The van der Waals surface area contributed by atoms with Crippen molar-refractivity contribution in [3.8, 4) is 22.9 Å². The van der Waals surface area contributed by atoms with E-state index in [0.717, 1.165) is 42.7 Å². The summed E-state index contributed by atoms with van der Waals surface area (Å²) < 4.78 is 16.4. The zero-order valence-corrected chi connectivity index (χ0v) is 17.9. The topological polar surface area (TPSA) is 77.7 Å². The fraction of sp³-hybridized carbons (Fsp3) is 0.375. The zero-order valence-electron chi connectivity index (χ0n) is 17.9. The summed E-state index contributed by atoms with van der Waals surface area (Å²) in [6, 6.07) is 14.6. The van der Waals surface area contributed by atoms with Crippen LogP contribution >= 0.6 is 0 Å². The Bertz CT molecular complexity index is 998. The molecule has 0 bridgehead atoms. The fourth-order valence-corrected chi connectivity index (χ4v) is 3.69. The molecule has 0 spiro atoms. The summed E-state index contributed by atoms with van der Waals surface area (Å²) in [4.78, 5) is 19.5. The van der Waals surface area contributed by atoms with Gasteiger partial charge in [-0.3, -0.25) is 4.79 Å². The van der Waals surface area contributed by atoms with Crippen LogP contribution in [0.1, 0.15) is 54.9 Å². The predicted molar refractivity (Wildman–Crippen MR) is 116 cm³/mol. The molecule has 1 aliphatic heterocycles. The van der Waals surface area contributed by atoms with E-state index in [1.165, 1.54) is 0 Å². The molecule has 1 saturated heterocycles. The van der Waals surface area contributed by atoms with E-state index >= 15 is 0 Å². The second kappa shape index (κ2) is 9.64. The largest absolute Gasteiger partial charge is 0.497 e. The number of hydrogen-bond acceptors (Lipinski definition) is 6. The predicted octanol–water partition coefficient (Wildman–Crippen LogP) is 4.90. The average Bonchev–Trinajstić information content (AvgIpc) is 3.49. The minimum Gasteiger partial charge on any atom is -0.497 e. The van der Waals surface area contributed by atoms with Gasteiger partial charge < -0.3 is 18.9 Å². The van der Waals surface area contributed by atoms with Gasteiger partial charge in [-0.05, 0) is 67.8 Å². The number of nitrogens with zero attached hydrogens (tertiary/aromatic N) is 3. The monoisotopic (exact) mass is 421 g/mol. The Morgan fingerprint density at radius 1 is 1.13 bits per heavy atom. The molecule has 4 rings (SSSR count). The van der Waals surface area contributed by atoms with Gasteiger partial charge in [0.25, 0.3) is 5.91 Å². The molecule has 0 saturated carbocycles. The molecule has 2 heterocycles. The van der Waals surface area contributed by atoms with Crippen molar-refractivity contribution in [2.45, 2.75) is 38.6 Å². The second-order valence-corrected chi connectivity index (χ2v) is 7.57. The van der Waals surface area contributed by atoms with Crippen molar-refractivity contribution in [2.24, 2.45) is 0 Å². The maximum absolute atomic E-state index is 13.1. The third-order valence-electron chi connectivity index (χ3n) is 5.46. The van der Waals surface area contributed by atoms with Crippen LogP contribution in [-0.4, -0.2) is 41.2 Å². The van der Waals surface area contributed by atoms with Crippen LogP contribution in [0.5, 0.6) is 11.5 Å². The van der Waals surface area contributed by atoms with E-state index < -0.39 is 0 Å². The molecule has 1 aliphatic rings. The first-order valence-corrected chi connectivity index (χ1v) is 10.7. The van der Waals surface area contributed by atoms with Gasteiger partial charge in [0.2, 0.25) is 11.7 Å². The third-order valence-corrected chi connectivity index (χ3v) is 5.46. The van der Waals surface area contributed by atoms with Crippen LogP contribution < -0.4 is 9.47 Å². The normalized spacial score (nSPS) is 15.8. The first-order chi connectivity index (χ1) is 15.2. The first kappa shape index (κ1) is 20.9. The molecule has 0 aliphatic carbocycles. The number of likely N-dealkylation sites (tertiary alicyclic amines) is 1. The molecule has 1 fully saturated rings. The lowest BCUT2D eigenvalue weighted by molar-refractivity contribution is 0.0710. The van der Waals surface area contributed by atoms with Crippen molar-refractivity contribution in [1.29, 1.82) is 0 Å². The molecule has 1 atom stereocenters. The van der Waals surface area contributed by atoms with Crippen molar-refractivity contribution in [3.63, 3.8) is 0 Å². The van der Waals surface area contributed by atoms with Gasteiger partial charge >= 0.3 is 0 Å². The van der Waals surface area contributed by atoms with Crippen molar-refractivity contribution >= 4 is 5.91 Å². The maximum Gasteiger partial charge on any atom is 0.254 e. The summed E-state index contributed by atoms with van der Waals surface area (Å²) in [5, 5.41) is 4.12. The number of unbranched alkanes of at least 4 members (excludes halogenated alkanes) is 1. The van der Waals surface area contributed by atoms with E-state index in [-0.39, 0.29) is 11.9 Å². The molecule has 31 heavy (non-hydrogen) atoms. The molecule has 162 valence electrons. The number of carbonyl (C=O) groups excluding carboxylic acids is 1. The van der Waals surface area contributed by atoms with E-state index in [2.05, 4.69) is 17.1 Å². The van der Waals surface area contributed by atoms with Crippen molar-refractivity contribution in [2.75, 3.05) is 20.3 Å². The number of ether oxygens (including phenoxy) is 2. The van der Waals surface area contributed by atoms with Crippen LogP contribution in [0, 0.1) is 0 Å². The number of rotatable bonds is 8. The number of benzene rings is 2. The molecule has 1 amide bonds. The lowest BCUT2D eigenvalue weighted by Crippen LogP contribution is -2.30. The highest BCUT2D eigenvalue weighted by Crippen LogP contribution is 2.33. The summed E-state index contributed by atoms with van der Waals surface area (Å²) in [5.74, 6) is 2.49. The van der Waals surface area contributed by atoms with E-state index in [0.29, 0.717) is 30.4 Å². The Balaban J connectivity index is 1.46. The van der Waals surface area contributed by atoms with Crippen molar-refractivity contribution < 1.29 is 18.8 Å². The third kappa shape index (κ3) is 4.71. The summed E-state index contributed by atoms with van der Waals surface area (Å²) in [6.07, 6.45) is 3.80. The Kier molecular flexibility index (Phi) is 6.50. The number of aromatic nitrogens is 2. The minimum absolute atomic E-state index is 0.0354. The van der Waals surface area contributed by atoms with E-state index in [1.807, 2.05) is 53.4 Å². The second-order valence-electron chi connectivity index (χ2n) is 7.57. The molecular weight excluding hydrogens is 394 g/mol. The van der Waals surface area contributed by atoms with Gasteiger partial charge in [0, 0.05) is 17.7 Å². The van der Waals surface area contributed by atoms with Gasteiger partial charge in [0.1, 0.15) is 17.5 Å². The molecule has 1 aromatic heterocycles. The molecule has 0 radical (unpaired) electrons. The zero-order chi connectivity index (χ0) is 21.6. The molecule has 2 aromatic carbocycles. The number of amides is 1. The highest BCUT2D eigenvalue weighted by atomic mass is 16.5. The van der Waals surface area contributed by atoms with E-state index in [4.69, 9.17) is 14.0 Å². The molecular formula is C24H27N3O4. The van der Waals surface area contributed by atoms with Crippen LogP contribution in [0.4, 0.5) is 0 Å². The smallest absolute Gasteiger partial charge is 0.254 e. The van der Waals surface area contributed by atoms with Gasteiger partial charge in [-0.25, -0.2) is 0 Å². The van der Waals surface area contributed by atoms with Gasteiger partial charge in [0.15, 0.2) is 0 Å². The molecule has 7 heteroatoms. The van der Waals surface area contributed by atoms with Crippen LogP contribution in [0.2, 0.25) is 0 Å². The van der Waals surface area contributed by atoms with Gasteiger partial charge in [-0.15, -0.1) is 0 Å². The molecule has 3 aromatic rings. The number of carbonyl (C=O) groups is 1. The highest BCUT2D eigenvalue weighted by molar-refractivity contribution is 5.94. The minimum atomic E-state index is -0.215. The first-order valence-electron chi connectivity index (χ1n) is 10.7. The van der Waals surface area contributed by atoms with Crippen LogP contribution in [0.3, 0.4) is 0 Å². The van der Waals surface area contributed by atoms with Crippen molar-refractivity contribution in [3.05, 3.63) is 60.0 Å². The standard InChI is InChI=1S/C24H27N3O4/c1-3-4-16-30-20-13-9-18(10-14-20)24(28)27-15-5-6-21(27)23-25-22(26-31-23)17-7-11-19(29-2)12-8-17/h7-14,21H,3-6,15-16H2,1-2H3. The number of hydrogen-bond donors (Lipinski definition) is 0. The Morgan fingerprint density at radius 2 is 1.87 bits per heavy atom. The molecule has 1 unspecified atom stereocenters. The highest BCUT2D eigenvalue weighted by Gasteiger charge is 2.34. The van der Waals surface area contributed by atoms with Crippen molar-refractivity contribution in [1.82, 2.24) is 15.0 Å². The molecule has 0 N–H and O–H groups in total. The van der Waals surface area contributed by atoms with Gasteiger partial charge in [-0.2, -0.15) is 4.98 Å². The van der Waals surface area contributed by atoms with Crippen LogP contribution in [0.15, 0.2) is 53.1 Å². The Hall–Kier alpha value is -3.35. The van der Waals surface area contributed by atoms with Crippen LogP contribution in [-0.2, 0) is 0 Å².